The van der Waals surface area contributed by atoms with Gasteiger partial charge in [-0.1, -0.05) is 0 Å². The lowest BCUT2D eigenvalue weighted by atomic mass is 10.2. The maximum atomic E-state index is 12.2. The van der Waals surface area contributed by atoms with Crippen LogP contribution in [0.4, 0.5) is 5.69 Å². The summed E-state index contributed by atoms with van der Waals surface area (Å²) in [4.78, 5) is 30.7. The van der Waals surface area contributed by atoms with E-state index >= 15 is 0 Å². The molecule has 22 heavy (non-hydrogen) atoms. The monoisotopic (exact) mass is 303 g/mol. The number of rotatable bonds is 5. The molecule has 1 heterocycles. The second-order valence-corrected chi connectivity index (χ2v) is 4.08. The zero-order chi connectivity index (χ0) is 16.1. The van der Waals surface area contributed by atoms with Gasteiger partial charge in [-0.3, -0.25) is 4.79 Å². The van der Waals surface area contributed by atoms with E-state index in [0.29, 0.717) is 17.2 Å². The van der Waals surface area contributed by atoms with E-state index in [9.17, 15) is 9.59 Å². The van der Waals surface area contributed by atoms with Crippen LogP contribution in [0.5, 0.6) is 11.5 Å². The predicted octanol–water partition coefficient (Wildman–Crippen LogP) is 1.44. The van der Waals surface area contributed by atoms with E-state index in [0.717, 1.165) is 0 Å². The van der Waals surface area contributed by atoms with Crippen molar-refractivity contribution < 1.29 is 24.2 Å². The van der Waals surface area contributed by atoms with Gasteiger partial charge >= 0.3 is 5.97 Å². The van der Waals surface area contributed by atoms with Crippen LogP contribution in [0.1, 0.15) is 21.0 Å². The Balaban J connectivity index is 2.35. The van der Waals surface area contributed by atoms with Gasteiger partial charge in [-0.2, -0.15) is 0 Å². The van der Waals surface area contributed by atoms with Gasteiger partial charge in [-0.05, 0) is 12.1 Å². The molecule has 0 unspecified atom stereocenters. The van der Waals surface area contributed by atoms with Crippen molar-refractivity contribution in [3.8, 4) is 11.5 Å². The maximum Gasteiger partial charge on any atom is 0.356 e. The molecule has 0 fully saturated rings. The molecule has 0 radical (unpaired) electrons. The van der Waals surface area contributed by atoms with Gasteiger partial charge in [0.25, 0.3) is 5.91 Å². The van der Waals surface area contributed by atoms with Crippen molar-refractivity contribution >= 4 is 17.6 Å². The molecule has 0 aliphatic heterocycles. The van der Waals surface area contributed by atoms with Crippen LogP contribution < -0.4 is 14.8 Å². The second-order valence-electron chi connectivity index (χ2n) is 4.08. The van der Waals surface area contributed by atoms with Gasteiger partial charge in [0.05, 0.1) is 19.9 Å². The SMILES string of the molecule is COc1ccc(OC)c(NC(=O)c2nccnc2C(=O)O)c1. The number of nitrogens with one attached hydrogen (secondary N) is 1. The van der Waals surface area contributed by atoms with Crippen LogP contribution >= 0.6 is 0 Å². The zero-order valence-corrected chi connectivity index (χ0v) is 11.9. The number of carbonyl (C=O) groups is 2. The average molecular weight is 303 g/mol. The number of ether oxygens (including phenoxy) is 2. The molecule has 1 aromatic heterocycles. The topological polar surface area (TPSA) is 111 Å². The van der Waals surface area contributed by atoms with E-state index in [2.05, 4.69) is 15.3 Å². The van der Waals surface area contributed by atoms with Gasteiger partial charge < -0.3 is 19.9 Å². The molecule has 0 bridgehead atoms. The van der Waals surface area contributed by atoms with E-state index in [1.807, 2.05) is 0 Å². The third-order valence-corrected chi connectivity index (χ3v) is 2.77. The standard InChI is InChI=1S/C14H13N3O5/c1-21-8-3-4-10(22-2)9(7-8)17-13(18)11-12(14(19)20)16-6-5-15-11/h3-7H,1-2H3,(H,17,18)(H,19,20). The molecule has 0 atom stereocenters. The molecule has 0 saturated heterocycles. The van der Waals surface area contributed by atoms with Crippen LogP contribution in [0.15, 0.2) is 30.6 Å². The fourth-order valence-corrected chi connectivity index (χ4v) is 1.75. The Morgan fingerprint density at radius 2 is 1.77 bits per heavy atom. The number of aromatic nitrogens is 2. The van der Waals surface area contributed by atoms with E-state index in [4.69, 9.17) is 14.6 Å². The first kappa shape index (κ1) is 15.2. The highest BCUT2D eigenvalue weighted by Gasteiger charge is 2.20. The first-order valence-electron chi connectivity index (χ1n) is 6.14. The van der Waals surface area contributed by atoms with Crippen LogP contribution in [0, 0.1) is 0 Å². The first-order chi connectivity index (χ1) is 10.6. The Labute approximate surface area is 125 Å². The van der Waals surface area contributed by atoms with Gasteiger partial charge in [0.15, 0.2) is 11.4 Å². The molecule has 0 saturated carbocycles. The summed E-state index contributed by atoms with van der Waals surface area (Å²) in [5.41, 5.74) is -0.393. The zero-order valence-electron chi connectivity index (χ0n) is 11.9. The molecule has 8 nitrogen and oxygen atoms in total. The molecule has 114 valence electrons. The van der Waals surface area contributed by atoms with Crippen molar-refractivity contribution in [3.05, 3.63) is 42.0 Å². The fourth-order valence-electron chi connectivity index (χ4n) is 1.75. The quantitative estimate of drug-likeness (QED) is 0.859. The molecule has 2 rings (SSSR count). The summed E-state index contributed by atoms with van der Waals surface area (Å²) in [7, 11) is 2.93. The molecule has 1 amide bonds. The van der Waals surface area contributed by atoms with Gasteiger partial charge in [-0.25, -0.2) is 14.8 Å². The molecule has 0 aliphatic rings. The molecule has 8 heteroatoms. The molecule has 0 spiro atoms. The van der Waals surface area contributed by atoms with Gasteiger partial charge in [0.1, 0.15) is 11.5 Å². The van der Waals surface area contributed by atoms with Crippen LogP contribution in [-0.2, 0) is 0 Å². The van der Waals surface area contributed by atoms with Gasteiger partial charge in [0, 0.05) is 18.5 Å². The summed E-state index contributed by atoms with van der Waals surface area (Å²) in [6.45, 7) is 0. The van der Waals surface area contributed by atoms with Crippen molar-refractivity contribution in [2.45, 2.75) is 0 Å². The summed E-state index contributed by atoms with van der Waals surface area (Å²) < 4.78 is 10.2. The summed E-state index contributed by atoms with van der Waals surface area (Å²) in [6, 6.07) is 4.83. The van der Waals surface area contributed by atoms with Crippen molar-refractivity contribution in [2.75, 3.05) is 19.5 Å². The summed E-state index contributed by atoms with van der Waals surface area (Å²) >= 11 is 0. The number of carboxylic acid groups (broad SMARTS) is 1. The van der Waals surface area contributed by atoms with Crippen molar-refractivity contribution in [1.29, 1.82) is 0 Å². The Morgan fingerprint density at radius 1 is 1.09 bits per heavy atom. The van der Waals surface area contributed by atoms with Crippen LogP contribution in [-0.4, -0.2) is 41.2 Å². The van der Waals surface area contributed by atoms with Gasteiger partial charge in [0.2, 0.25) is 0 Å². The van der Waals surface area contributed by atoms with Crippen molar-refractivity contribution in [2.24, 2.45) is 0 Å². The first-order valence-corrected chi connectivity index (χ1v) is 6.14. The Bertz CT molecular complexity index is 717. The van der Waals surface area contributed by atoms with Gasteiger partial charge in [-0.15, -0.1) is 0 Å². The molecule has 2 N–H and O–H groups in total. The summed E-state index contributed by atoms with van der Waals surface area (Å²) in [6.07, 6.45) is 2.44. The lowest BCUT2D eigenvalue weighted by molar-refractivity contribution is 0.0685. The van der Waals surface area contributed by atoms with E-state index in [1.54, 1.807) is 18.2 Å². The van der Waals surface area contributed by atoms with Crippen LogP contribution in [0.3, 0.4) is 0 Å². The minimum absolute atomic E-state index is 0.292. The normalized spacial score (nSPS) is 9.91. The number of aromatic carboxylic acids is 1. The van der Waals surface area contributed by atoms with Crippen LogP contribution in [0.2, 0.25) is 0 Å². The Hall–Kier alpha value is -3.16. The minimum Gasteiger partial charge on any atom is -0.497 e. The minimum atomic E-state index is -1.34. The number of methoxy groups -OCH3 is 2. The Kier molecular flexibility index (Phi) is 4.52. The number of anilines is 1. The lowest BCUT2D eigenvalue weighted by Gasteiger charge is -2.11. The number of carbonyl (C=O) groups excluding carboxylic acids is 1. The van der Waals surface area contributed by atoms with E-state index in [-0.39, 0.29) is 5.69 Å². The molecule has 2 aromatic rings. The van der Waals surface area contributed by atoms with E-state index in [1.165, 1.54) is 26.6 Å². The number of carboxylic acids is 1. The van der Waals surface area contributed by atoms with Crippen LogP contribution in [0.25, 0.3) is 0 Å². The number of hydrogen-bond acceptors (Lipinski definition) is 6. The third kappa shape index (κ3) is 3.11. The molecular weight excluding hydrogens is 290 g/mol. The second kappa shape index (κ2) is 6.53. The Morgan fingerprint density at radius 3 is 2.36 bits per heavy atom. The lowest BCUT2D eigenvalue weighted by Crippen LogP contribution is -2.19. The highest BCUT2D eigenvalue weighted by molar-refractivity contribution is 6.09. The summed E-state index contributed by atoms with van der Waals surface area (Å²) in [5.74, 6) is -1.14. The fraction of sp³-hybridized carbons (Fsp3) is 0.143. The smallest absolute Gasteiger partial charge is 0.356 e. The largest absolute Gasteiger partial charge is 0.497 e. The highest BCUT2D eigenvalue weighted by atomic mass is 16.5. The summed E-state index contributed by atoms with van der Waals surface area (Å²) in [5, 5.41) is 11.6. The van der Waals surface area contributed by atoms with Crippen molar-refractivity contribution in [3.63, 3.8) is 0 Å². The molecule has 0 aliphatic carbocycles. The number of amides is 1. The third-order valence-electron chi connectivity index (χ3n) is 2.77. The molecule has 1 aromatic carbocycles. The number of hydrogen-bond donors (Lipinski definition) is 2. The average Bonchev–Trinajstić information content (AvgIpc) is 2.54. The maximum absolute atomic E-state index is 12.2. The van der Waals surface area contributed by atoms with Crippen molar-refractivity contribution in [1.82, 2.24) is 9.97 Å². The number of benzene rings is 1. The molecular formula is C14H13N3O5. The predicted molar refractivity (Wildman–Crippen MR) is 76.5 cm³/mol. The highest BCUT2D eigenvalue weighted by Crippen LogP contribution is 2.29. The van der Waals surface area contributed by atoms with E-state index < -0.39 is 17.6 Å². The number of nitrogens with zero attached hydrogens (tertiary/aromatic N) is 2.